The highest BCUT2D eigenvalue weighted by Gasteiger charge is 2.68. The van der Waals surface area contributed by atoms with Gasteiger partial charge in [-0.3, -0.25) is 18.9 Å². The molecular weight excluding hydrogens is 984 g/mol. The van der Waals surface area contributed by atoms with Gasteiger partial charge in [0.1, 0.15) is 40.9 Å². The number of hydrogen-bond acceptors (Lipinski definition) is 8. The lowest BCUT2D eigenvalue weighted by molar-refractivity contribution is -0.142. The maximum atomic E-state index is 15.6. The molecule has 3 aromatic carbocycles. The Bertz CT molecular complexity index is 3380. The zero-order chi connectivity index (χ0) is 49.8. The highest BCUT2D eigenvalue weighted by molar-refractivity contribution is 7.92. The second-order valence-electron chi connectivity index (χ2n) is 17.1. The maximum absolute atomic E-state index is 15.6. The number of nitrogens with one attached hydrogen (secondary N) is 2. The number of nitrogens with zero attached hydrogens (tertiary/aromatic N) is 5. The van der Waals surface area contributed by atoms with Gasteiger partial charge in [-0.25, -0.2) is 30.6 Å². The molecule has 8 rings (SSSR count). The zero-order valence-corrected chi connectivity index (χ0v) is 37.9. The Morgan fingerprint density at radius 3 is 2.19 bits per heavy atom. The van der Waals surface area contributed by atoms with E-state index in [1.807, 2.05) is 0 Å². The number of benzene rings is 3. The lowest BCUT2D eigenvalue weighted by Gasteiger charge is -2.25. The Kier molecular flexibility index (Phi) is 11.7. The SMILES string of the molecule is CC(C)(C#Cc1nc([C@H](Cc2cc(F)cc(F)c2)NC(=O)Cn2nc(C(F)(F)F)c3c2C(F)(F)C2C[C@H]32)c(-c2ccc(Cl)c3c(NS(C)(=O)=O)nn(CC(F)(F)F)c23)c2ccccc12)S(C)(=O)=O. The van der Waals surface area contributed by atoms with Gasteiger partial charge in [-0.15, -0.1) is 0 Å². The van der Waals surface area contributed by atoms with Crippen molar-refractivity contribution < 1.29 is 65.5 Å². The molecule has 360 valence electrons. The number of hydrogen-bond donors (Lipinski definition) is 2. The highest BCUT2D eigenvalue weighted by Crippen LogP contribution is 2.68. The van der Waals surface area contributed by atoms with E-state index >= 15 is 8.78 Å². The molecule has 0 saturated heterocycles. The van der Waals surface area contributed by atoms with Gasteiger partial charge in [0.15, 0.2) is 21.3 Å². The summed E-state index contributed by atoms with van der Waals surface area (Å²) in [6.07, 6.45) is -9.50. The second-order valence-corrected chi connectivity index (χ2v) is 21.8. The number of anilines is 1. The van der Waals surface area contributed by atoms with Crippen LogP contribution < -0.4 is 10.0 Å². The highest BCUT2D eigenvalue weighted by atomic mass is 35.5. The van der Waals surface area contributed by atoms with Gasteiger partial charge in [0, 0.05) is 40.3 Å². The number of rotatable bonds is 11. The smallest absolute Gasteiger partial charge is 0.346 e. The summed E-state index contributed by atoms with van der Waals surface area (Å²) in [6, 6.07) is 8.75. The molecule has 3 aromatic heterocycles. The fourth-order valence-corrected chi connectivity index (χ4v) is 9.35. The number of halogens is 11. The summed E-state index contributed by atoms with van der Waals surface area (Å²) in [6.45, 7) is -0.544. The van der Waals surface area contributed by atoms with E-state index in [1.54, 1.807) is 0 Å². The Labute approximate surface area is 385 Å². The van der Waals surface area contributed by atoms with Gasteiger partial charge in [-0.1, -0.05) is 47.9 Å². The Morgan fingerprint density at radius 1 is 0.941 bits per heavy atom. The van der Waals surface area contributed by atoms with Crippen molar-refractivity contribution in [3.8, 4) is 23.0 Å². The predicted molar refractivity (Wildman–Crippen MR) is 229 cm³/mol. The first-order chi connectivity index (χ1) is 31.3. The van der Waals surface area contributed by atoms with Crippen LogP contribution in [0, 0.1) is 29.4 Å². The van der Waals surface area contributed by atoms with Crippen molar-refractivity contribution in [2.24, 2.45) is 5.92 Å². The largest absolute Gasteiger partial charge is 0.435 e. The Balaban J connectivity index is 1.42. The summed E-state index contributed by atoms with van der Waals surface area (Å²) in [5, 5.41) is 9.38. The number of pyridine rings is 1. The van der Waals surface area contributed by atoms with E-state index in [-0.39, 0.29) is 60.4 Å². The van der Waals surface area contributed by atoms with Crippen LogP contribution in [0.5, 0.6) is 0 Å². The molecule has 1 unspecified atom stereocenters. The number of carbonyl (C=O) groups is 1. The minimum atomic E-state index is -5.20. The first kappa shape index (κ1) is 48.5. The van der Waals surface area contributed by atoms with Gasteiger partial charge in [0.2, 0.25) is 15.9 Å². The fraction of sp³-hybridized carbons (Fsp3) is 0.349. The summed E-state index contributed by atoms with van der Waals surface area (Å²) in [5.74, 6) is -5.25. The molecule has 0 bridgehead atoms. The molecule has 2 aliphatic rings. The summed E-state index contributed by atoms with van der Waals surface area (Å²) < 4.78 is 198. The number of alkyl halides is 8. The van der Waals surface area contributed by atoms with Gasteiger partial charge in [-0.2, -0.15) is 45.3 Å². The molecular formula is C43H34ClF10N7O5S2. The van der Waals surface area contributed by atoms with Crippen LogP contribution in [-0.4, -0.2) is 70.7 Å². The minimum Gasteiger partial charge on any atom is -0.346 e. The summed E-state index contributed by atoms with van der Waals surface area (Å²) in [5.41, 5.74) is -5.13. The van der Waals surface area contributed by atoms with Crippen molar-refractivity contribution in [2.45, 2.75) is 74.8 Å². The van der Waals surface area contributed by atoms with Crippen LogP contribution >= 0.6 is 11.6 Å². The number of carbonyl (C=O) groups excluding carboxylic acids is 1. The van der Waals surface area contributed by atoms with Crippen LogP contribution in [-0.2, 0) is 56.3 Å². The molecule has 0 aliphatic heterocycles. The third-order valence-corrected chi connectivity index (χ3v) is 14.4. The molecule has 1 amide bonds. The molecule has 0 radical (unpaired) electrons. The number of amides is 1. The van der Waals surface area contributed by atoms with Gasteiger partial charge >= 0.3 is 12.4 Å². The van der Waals surface area contributed by atoms with Crippen molar-refractivity contribution in [1.29, 1.82) is 0 Å². The van der Waals surface area contributed by atoms with E-state index in [2.05, 4.69) is 32.1 Å². The molecule has 1 saturated carbocycles. The lowest BCUT2D eigenvalue weighted by Crippen LogP contribution is -2.35. The number of fused-ring (bicyclic) bond motifs is 5. The first-order valence-corrected chi connectivity index (χ1v) is 24.2. The monoisotopic (exact) mass is 1020 g/mol. The van der Waals surface area contributed by atoms with Crippen LogP contribution in [0.3, 0.4) is 0 Å². The zero-order valence-electron chi connectivity index (χ0n) is 35.5. The Morgan fingerprint density at radius 2 is 1.59 bits per heavy atom. The number of sulfonamides is 1. The van der Waals surface area contributed by atoms with Crippen molar-refractivity contribution >= 4 is 64.9 Å². The van der Waals surface area contributed by atoms with Crippen LogP contribution in [0.25, 0.3) is 32.8 Å². The normalized spacial score (nSPS) is 17.4. The molecule has 6 aromatic rings. The Hall–Kier alpha value is -5.93. The molecule has 0 spiro atoms. The van der Waals surface area contributed by atoms with Crippen LogP contribution in [0.1, 0.15) is 66.1 Å². The molecule has 3 atom stereocenters. The maximum Gasteiger partial charge on any atom is 0.435 e. The summed E-state index contributed by atoms with van der Waals surface area (Å²) in [7, 11) is -8.15. The molecule has 1 fully saturated rings. The fourth-order valence-electron chi connectivity index (χ4n) is 8.38. The van der Waals surface area contributed by atoms with Crippen molar-refractivity contribution in [1.82, 2.24) is 29.9 Å². The molecule has 2 aliphatic carbocycles. The van der Waals surface area contributed by atoms with Crippen LogP contribution in [0.15, 0.2) is 54.6 Å². The molecule has 2 N–H and O–H groups in total. The van der Waals surface area contributed by atoms with Gasteiger partial charge in [-0.05, 0) is 67.7 Å². The van der Waals surface area contributed by atoms with Gasteiger partial charge < -0.3 is 5.32 Å². The van der Waals surface area contributed by atoms with E-state index in [9.17, 15) is 56.8 Å². The summed E-state index contributed by atoms with van der Waals surface area (Å²) in [4.78, 5) is 19.0. The van der Waals surface area contributed by atoms with Gasteiger partial charge in [0.05, 0.1) is 33.9 Å². The minimum absolute atomic E-state index is 0.0724. The molecule has 68 heavy (non-hydrogen) atoms. The lowest BCUT2D eigenvalue weighted by atomic mass is 9.89. The van der Waals surface area contributed by atoms with E-state index < -0.39 is 126 Å². The average Bonchev–Trinajstić information content (AvgIpc) is 3.72. The number of aromatic nitrogens is 5. The van der Waals surface area contributed by atoms with E-state index in [4.69, 9.17) is 16.6 Å². The van der Waals surface area contributed by atoms with Gasteiger partial charge in [0.25, 0.3) is 5.92 Å². The van der Waals surface area contributed by atoms with E-state index in [0.717, 1.165) is 18.4 Å². The van der Waals surface area contributed by atoms with Crippen molar-refractivity contribution in [3.05, 3.63) is 105 Å². The predicted octanol–water partition coefficient (Wildman–Crippen LogP) is 8.82. The second kappa shape index (κ2) is 16.4. The van der Waals surface area contributed by atoms with Crippen molar-refractivity contribution in [3.63, 3.8) is 0 Å². The van der Waals surface area contributed by atoms with Crippen molar-refractivity contribution in [2.75, 3.05) is 17.2 Å². The van der Waals surface area contributed by atoms with E-state index in [1.165, 1.54) is 50.2 Å². The number of sulfone groups is 1. The van der Waals surface area contributed by atoms with E-state index in [0.29, 0.717) is 17.0 Å². The first-order valence-electron chi connectivity index (χ1n) is 20.0. The third kappa shape index (κ3) is 9.18. The molecule has 25 heteroatoms. The average molecular weight is 1020 g/mol. The van der Waals surface area contributed by atoms with Crippen LogP contribution in [0.2, 0.25) is 5.02 Å². The quantitative estimate of drug-likeness (QED) is 0.0964. The summed E-state index contributed by atoms with van der Waals surface area (Å²) >= 11 is 6.57. The topological polar surface area (TPSA) is 158 Å². The van der Waals surface area contributed by atoms with Crippen LogP contribution in [0.4, 0.5) is 49.7 Å². The third-order valence-electron chi connectivity index (χ3n) is 11.6. The molecule has 3 heterocycles. The molecule has 12 nitrogen and oxygen atoms in total. The standard InChI is InChI=1S/C43H34ClF10N7O5S2/c1-40(2,67(3,63)64)12-11-29-23-7-5-6-8-24(23)32(25-9-10-28(44)34-36(25)61(19-41(47,48)49)58-39(34)59-68(4,65)66)35(56-29)30(15-20-13-21(45)16-22(46)14-20)55-31(62)18-60-38-33(37(57-60)43(52,53)54)26-17-27(26)42(38,50)51/h5-10,13-14,16,26-27,30H,15,17-19H2,1-4H3,(H,55,62)(H,58,59)/t26-,27?,30-/m0/s1.